The third-order valence-corrected chi connectivity index (χ3v) is 6.24. The summed E-state index contributed by atoms with van der Waals surface area (Å²) in [4.78, 5) is 13.1. The fraction of sp³-hybridized carbons (Fsp3) is 0.259. The number of rotatable bonds is 5. The predicted molar refractivity (Wildman–Crippen MR) is 125 cm³/mol. The molecule has 1 N–H and O–H groups in total. The number of fused-ring (bicyclic) bond motifs is 1. The quantitative estimate of drug-likeness (QED) is 0.452. The number of carbonyl (C=O) groups is 1. The zero-order chi connectivity index (χ0) is 21.0. The first kappa shape index (κ1) is 19.6. The predicted octanol–water partition coefficient (Wildman–Crippen LogP) is 5.81. The van der Waals surface area contributed by atoms with Gasteiger partial charge in [0.1, 0.15) is 0 Å². The van der Waals surface area contributed by atoms with Gasteiger partial charge in [0.2, 0.25) is 0 Å². The van der Waals surface area contributed by atoms with Gasteiger partial charge in [0.25, 0.3) is 5.91 Å². The lowest BCUT2D eigenvalue weighted by atomic mass is 9.95. The van der Waals surface area contributed by atoms with Crippen molar-refractivity contribution in [2.75, 3.05) is 0 Å². The lowest BCUT2D eigenvalue weighted by molar-refractivity contribution is 0.0929. The van der Waals surface area contributed by atoms with Crippen molar-refractivity contribution in [3.05, 3.63) is 90.1 Å². The normalized spacial score (nSPS) is 14.6. The van der Waals surface area contributed by atoms with Crippen molar-refractivity contribution < 1.29 is 4.79 Å². The summed E-state index contributed by atoms with van der Waals surface area (Å²) in [6, 6.07) is 25.1. The molecule has 0 spiro atoms. The van der Waals surface area contributed by atoms with Crippen molar-refractivity contribution in [3.8, 4) is 11.1 Å². The fourth-order valence-electron chi connectivity index (χ4n) is 4.56. The van der Waals surface area contributed by atoms with E-state index in [9.17, 15) is 4.79 Å². The van der Waals surface area contributed by atoms with Gasteiger partial charge in [-0.15, -0.1) is 0 Å². The van der Waals surface area contributed by atoms with Gasteiger partial charge < -0.3 is 5.32 Å². The minimum absolute atomic E-state index is 0.0127. The van der Waals surface area contributed by atoms with Crippen molar-refractivity contribution in [1.82, 2.24) is 15.1 Å². The van der Waals surface area contributed by atoms with Crippen LogP contribution in [0.1, 0.15) is 48.0 Å². The molecular weight excluding hydrogens is 382 g/mol. The molecular formula is C27H27N3O. The Labute approximate surface area is 182 Å². The third-order valence-electron chi connectivity index (χ3n) is 6.24. The van der Waals surface area contributed by atoms with Gasteiger partial charge in [-0.2, -0.15) is 5.10 Å². The topological polar surface area (TPSA) is 46.9 Å². The molecule has 0 radical (unpaired) electrons. The minimum atomic E-state index is 0.0127. The molecule has 1 amide bonds. The molecule has 3 aromatic carbocycles. The molecule has 1 heterocycles. The van der Waals surface area contributed by atoms with Gasteiger partial charge in [-0.25, -0.2) is 0 Å². The molecule has 156 valence electrons. The number of hydrogen-bond acceptors (Lipinski definition) is 2. The monoisotopic (exact) mass is 409 g/mol. The van der Waals surface area contributed by atoms with Crippen LogP contribution in [0.4, 0.5) is 0 Å². The molecule has 0 saturated heterocycles. The van der Waals surface area contributed by atoms with Crippen molar-refractivity contribution in [1.29, 1.82) is 0 Å². The van der Waals surface area contributed by atoms with E-state index in [1.165, 1.54) is 30.4 Å². The van der Waals surface area contributed by atoms with E-state index in [2.05, 4.69) is 58.9 Å². The number of carbonyl (C=O) groups excluding carboxylic acids is 1. The Morgan fingerprint density at radius 2 is 1.61 bits per heavy atom. The molecule has 0 aliphatic heterocycles. The van der Waals surface area contributed by atoms with Crippen molar-refractivity contribution in [2.24, 2.45) is 0 Å². The zero-order valence-corrected chi connectivity index (χ0v) is 17.6. The van der Waals surface area contributed by atoms with Gasteiger partial charge in [-0.1, -0.05) is 86.0 Å². The minimum Gasteiger partial charge on any atom is -0.349 e. The SMILES string of the molecule is O=C(NC1CCCCC1)c1cccc2cnn(Cc3ccc(-c4ccccc4)cc3)c12. The first-order valence-electron chi connectivity index (χ1n) is 11.2. The standard InChI is InChI=1S/C27H27N3O/c31-27(29-24-11-5-2-6-12-24)25-13-7-10-23-18-28-30(26(23)25)19-20-14-16-22(17-15-20)21-8-3-1-4-9-21/h1,3-4,7-10,13-18,24H,2,5-6,11-12,19H2,(H,29,31). The second-order valence-corrected chi connectivity index (χ2v) is 8.42. The van der Waals surface area contributed by atoms with Crippen LogP contribution < -0.4 is 5.32 Å². The summed E-state index contributed by atoms with van der Waals surface area (Å²) >= 11 is 0. The average molecular weight is 410 g/mol. The number of nitrogens with zero attached hydrogens (tertiary/aromatic N) is 2. The molecule has 0 unspecified atom stereocenters. The van der Waals surface area contributed by atoms with E-state index in [4.69, 9.17) is 0 Å². The highest BCUT2D eigenvalue weighted by atomic mass is 16.1. The van der Waals surface area contributed by atoms with E-state index in [0.717, 1.165) is 29.3 Å². The van der Waals surface area contributed by atoms with Crippen LogP contribution in [0.3, 0.4) is 0 Å². The van der Waals surface area contributed by atoms with E-state index in [-0.39, 0.29) is 5.91 Å². The molecule has 5 rings (SSSR count). The van der Waals surface area contributed by atoms with E-state index in [0.29, 0.717) is 18.2 Å². The molecule has 4 heteroatoms. The summed E-state index contributed by atoms with van der Waals surface area (Å²) in [5, 5.41) is 8.85. The Hall–Kier alpha value is -3.40. The average Bonchev–Trinajstić information content (AvgIpc) is 3.24. The van der Waals surface area contributed by atoms with Gasteiger partial charge >= 0.3 is 0 Å². The highest BCUT2D eigenvalue weighted by Crippen LogP contribution is 2.23. The molecule has 1 fully saturated rings. The van der Waals surface area contributed by atoms with Gasteiger partial charge in [-0.3, -0.25) is 9.48 Å². The Balaban J connectivity index is 1.39. The van der Waals surface area contributed by atoms with E-state index in [1.54, 1.807) is 0 Å². The van der Waals surface area contributed by atoms with Gasteiger partial charge in [0.05, 0.1) is 23.8 Å². The van der Waals surface area contributed by atoms with Gasteiger partial charge in [-0.05, 0) is 35.6 Å². The molecule has 1 aromatic heterocycles. The summed E-state index contributed by atoms with van der Waals surface area (Å²) in [5.41, 5.74) is 5.18. The summed E-state index contributed by atoms with van der Waals surface area (Å²) in [7, 11) is 0. The number of benzene rings is 3. The van der Waals surface area contributed by atoms with Crippen LogP contribution in [-0.2, 0) is 6.54 Å². The zero-order valence-electron chi connectivity index (χ0n) is 17.6. The highest BCUT2D eigenvalue weighted by Gasteiger charge is 2.19. The fourth-order valence-corrected chi connectivity index (χ4v) is 4.56. The summed E-state index contributed by atoms with van der Waals surface area (Å²) < 4.78 is 1.95. The number of aromatic nitrogens is 2. The maximum Gasteiger partial charge on any atom is 0.253 e. The molecule has 1 aliphatic carbocycles. The molecule has 1 saturated carbocycles. The highest BCUT2D eigenvalue weighted by molar-refractivity contribution is 6.05. The maximum atomic E-state index is 13.1. The lowest BCUT2D eigenvalue weighted by Gasteiger charge is -2.23. The molecule has 4 aromatic rings. The number of nitrogens with one attached hydrogen (secondary N) is 1. The van der Waals surface area contributed by atoms with Crippen molar-refractivity contribution >= 4 is 16.8 Å². The Bertz CT molecular complexity index is 1170. The van der Waals surface area contributed by atoms with Crippen molar-refractivity contribution in [3.63, 3.8) is 0 Å². The molecule has 31 heavy (non-hydrogen) atoms. The van der Waals surface area contributed by atoms with Crippen LogP contribution in [0.2, 0.25) is 0 Å². The molecule has 0 atom stereocenters. The summed E-state index contributed by atoms with van der Waals surface area (Å²) in [6.45, 7) is 0.631. The smallest absolute Gasteiger partial charge is 0.253 e. The number of hydrogen-bond donors (Lipinski definition) is 1. The van der Waals surface area contributed by atoms with Gasteiger partial charge in [0.15, 0.2) is 0 Å². The van der Waals surface area contributed by atoms with Crippen LogP contribution in [0.15, 0.2) is 79.0 Å². The second-order valence-electron chi connectivity index (χ2n) is 8.42. The molecule has 1 aliphatic rings. The number of amides is 1. The Kier molecular flexibility index (Phi) is 5.53. The summed E-state index contributed by atoms with van der Waals surface area (Å²) in [5.74, 6) is 0.0127. The Morgan fingerprint density at radius 3 is 2.39 bits per heavy atom. The molecule has 4 nitrogen and oxygen atoms in total. The van der Waals surface area contributed by atoms with E-state index in [1.807, 2.05) is 35.1 Å². The molecule has 0 bridgehead atoms. The van der Waals surface area contributed by atoms with Crippen LogP contribution >= 0.6 is 0 Å². The third kappa shape index (κ3) is 4.24. The summed E-state index contributed by atoms with van der Waals surface area (Å²) in [6.07, 6.45) is 7.68. The van der Waals surface area contributed by atoms with Crippen LogP contribution in [-0.4, -0.2) is 21.7 Å². The van der Waals surface area contributed by atoms with E-state index >= 15 is 0 Å². The first-order chi connectivity index (χ1) is 15.3. The van der Waals surface area contributed by atoms with E-state index < -0.39 is 0 Å². The number of para-hydroxylation sites is 1. The maximum absolute atomic E-state index is 13.1. The largest absolute Gasteiger partial charge is 0.349 e. The van der Waals surface area contributed by atoms with Crippen LogP contribution in [0.5, 0.6) is 0 Å². The van der Waals surface area contributed by atoms with Crippen LogP contribution in [0, 0.1) is 0 Å². The van der Waals surface area contributed by atoms with Crippen molar-refractivity contribution in [2.45, 2.75) is 44.7 Å². The van der Waals surface area contributed by atoms with Crippen LogP contribution in [0.25, 0.3) is 22.0 Å². The Morgan fingerprint density at radius 1 is 0.871 bits per heavy atom. The van der Waals surface area contributed by atoms with Gasteiger partial charge in [0, 0.05) is 11.4 Å². The first-order valence-corrected chi connectivity index (χ1v) is 11.2. The lowest BCUT2D eigenvalue weighted by Crippen LogP contribution is -2.36. The second kappa shape index (κ2) is 8.76.